The van der Waals surface area contributed by atoms with E-state index in [0.29, 0.717) is 0 Å². The predicted molar refractivity (Wildman–Crippen MR) is 137 cm³/mol. The number of guanidine groups is 1. The number of benzene rings is 1. The molecule has 1 aromatic carbocycles. The number of halogens is 1. The van der Waals surface area contributed by atoms with Gasteiger partial charge in [-0.2, -0.15) is 0 Å². The smallest absolute Gasteiger partial charge is 0.191 e. The van der Waals surface area contributed by atoms with E-state index in [2.05, 4.69) is 63.5 Å². The van der Waals surface area contributed by atoms with Gasteiger partial charge in [0.1, 0.15) is 17.9 Å². The Bertz CT molecular complexity index is 799. The first-order chi connectivity index (χ1) is 14.7. The van der Waals surface area contributed by atoms with Crippen LogP contribution in [0.15, 0.2) is 35.6 Å². The van der Waals surface area contributed by atoms with Crippen LogP contribution in [0.3, 0.4) is 0 Å². The van der Waals surface area contributed by atoms with E-state index in [4.69, 9.17) is 9.73 Å². The van der Waals surface area contributed by atoms with Gasteiger partial charge in [-0.1, -0.05) is 38.3 Å². The van der Waals surface area contributed by atoms with E-state index >= 15 is 0 Å². The molecule has 2 aromatic rings. The first kappa shape index (κ1) is 25.4. The first-order valence-corrected chi connectivity index (χ1v) is 11.2. The highest BCUT2D eigenvalue weighted by atomic mass is 127. The van der Waals surface area contributed by atoms with Crippen LogP contribution >= 0.6 is 24.0 Å². The minimum atomic E-state index is 0. The van der Waals surface area contributed by atoms with Crippen LogP contribution < -0.4 is 15.4 Å². The fourth-order valence-corrected chi connectivity index (χ4v) is 4.32. The van der Waals surface area contributed by atoms with Crippen molar-refractivity contribution in [2.45, 2.75) is 64.3 Å². The van der Waals surface area contributed by atoms with Gasteiger partial charge in [-0.05, 0) is 37.5 Å². The van der Waals surface area contributed by atoms with Gasteiger partial charge in [-0.3, -0.25) is 4.99 Å². The minimum absolute atomic E-state index is 0. The maximum absolute atomic E-state index is 5.35. The lowest BCUT2D eigenvalue weighted by Gasteiger charge is -2.37. The third kappa shape index (κ3) is 6.82. The average molecular weight is 540 g/mol. The third-order valence-electron chi connectivity index (χ3n) is 6.05. The van der Waals surface area contributed by atoms with E-state index in [9.17, 15) is 0 Å². The molecule has 0 aliphatic heterocycles. The van der Waals surface area contributed by atoms with Crippen molar-refractivity contribution in [3.63, 3.8) is 0 Å². The highest BCUT2D eigenvalue weighted by Crippen LogP contribution is 2.40. The molecule has 0 bridgehead atoms. The Kier molecular flexibility index (Phi) is 10.6. The standard InChI is InChI=1S/C23H36N6O.HI/c1-4-21-28-27-18-29(21)16-15-25-22(24-5-2)26-17-23(13-7-6-8-14-23)19-9-11-20(30-3)12-10-19;/h9-12,18H,4-8,13-17H2,1-3H3,(H2,24,25,26);1H. The van der Waals surface area contributed by atoms with Gasteiger partial charge in [0.25, 0.3) is 0 Å². The van der Waals surface area contributed by atoms with E-state index in [-0.39, 0.29) is 29.4 Å². The molecule has 2 N–H and O–H groups in total. The minimum Gasteiger partial charge on any atom is -0.497 e. The summed E-state index contributed by atoms with van der Waals surface area (Å²) < 4.78 is 7.45. The summed E-state index contributed by atoms with van der Waals surface area (Å²) in [6.45, 7) is 7.45. The molecule has 1 saturated carbocycles. The predicted octanol–water partition coefficient (Wildman–Crippen LogP) is 3.92. The van der Waals surface area contributed by atoms with Crippen LogP contribution in [0.5, 0.6) is 5.75 Å². The number of nitrogens with zero attached hydrogens (tertiary/aromatic N) is 4. The zero-order chi connectivity index (χ0) is 21.2. The molecule has 1 aromatic heterocycles. The molecule has 7 nitrogen and oxygen atoms in total. The van der Waals surface area contributed by atoms with Gasteiger partial charge in [-0.15, -0.1) is 34.2 Å². The van der Waals surface area contributed by atoms with E-state index in [1.807, 2.05) is 0 Å². The summed E-state index contributed by atoms with van der Waals surface area (Å²) in [4.78, 5) is 5.01. The van der Waals surface area contributed by atoms with E-state index in [0.717, 1.165) is 50.1 Å². The Balaban J connectivity index is 0.00000341. The molecule has 1 heterocycles. The Hall–Kier alpha value is -1.84. The summed E-state index contributed by atoms with van der Waals surface area (Å²) in [6, 6.07) is 8.59. The summed E-state index contributed by atoms with van der Waals surface area (Å²) in [5.41, 5.74) is 1.48. The zero-order valence-electron chi connectivity index (χ0n) is 19.1. The lowest BCUT2D eigenvalue weighted by molar-refractivity contribution is 0.300. The monoisotopic (exact) mass is 540 g/mol. The molecule has 1 fully saturated rings. The molecule has 0 radical (unpaired) electrons. The second-order valence-corrected chi connectivity index (χ2v) is 7.99. The van der Waals surface area contributed by atoms with Crippen molar-refractivity contribution in [3.05, 3.63) is 42.0 Å². The Morgan fingerprint density at radius 3 is 2.52 bits per heavy atom. The number of aromatic nitrogens is 3. The molecule has 0 saturated heterocycles. The van der Waals surface area contributed by atoms with Crippen molar-refractivity contribution in [2.24, 2.45) is 4.99 Å². The molecule has 0 atom stereocenters. The zero-order valence-corrected chi connectivity index (χ0v) is 21.4. The van der Waals surface area contributed by atoms with Crippen molar-refractivity contribution in [1.82, 2.24) is 25.4 Å². The number of aryl methyl sites for hydroxylation is 1. The number of rotatable bonds is 9. The molecule has 172 valence electrons. The number of hydrogen-bond donors (Lipinski definition) is 2. The SMILES string of the molecule is CCNC(=NCC1(c2ccc(OC)cc2)CCCCC1)NCCn1cnnc1CC.I. The topological polar surface area (TPSA) is 76.4 Å². The van der Waals surface area contributed by atoms with Gasteiger partial charge in [0, 0.05) is 31.5 Å². The number of ether oxygens (including phenoxy) is 1. The van der Waals surface area contributed by atoms with Crippen LogP contribution in [0.25, 0.3) is 0 Å². The maximum atomic E-state index is 5.35. The van der Waals surface area contributed by atoms with Crippen molar-refractivity contribution in [3.8, 4) is 5.75 Å². The first-order valence-electron chi connectivity index (χ1n) is 11.2. The summed E-state index contributed by atoms with van der Waals surface area (Å²) >= 11 is 0. The van der Waals surface area contributed by atoms with Gasteiger partial charge in [0.2, 0.25) is 0 Å². The Labute approximate surface area is 203 Å². The Morgan fingerprint density at radius 2 is 1.87 bits per heavy atom. The van der Waals surface area contributed by atoms with E-state index in [1.165, 1.54) is 37.7 Å². The van der Waals surface area contributed by atoms with E-state index < -0.39 is 0 Å². The summed E-state index contributed by atoms with van der Waals surface area (Å²) in [5.74, 6) is 2.80. The van der Waals surface area contributed by atoms with Crippen molar-refractivity contribution in [2.75, 3.05) is 26.7 Å². The lowest BCUT2D eigenvalue weighted by Crippen LogP contribution is -2.41. The largest absolute Gasteiger partial charge is 0.497 e. The van der Waals surface area contributed by atoms with Crippen LogP contribution in [0.2, 0.25) is 0 Å². The number of hydrogen-bond acceptors (Lipinski definition) is 4. The van der Waals surface area contributed by atoms with Crippen LogP contribution in [-0.4, -0.2) is 47.5 Å². The van der Waals surface area contributed by atoms with E-state index in [1.54, 1.807) is 13.4 Å². The van der Waals surface area contributed by atoms with Crippen molar-refractivity contribution < 1.29 is 4.74 Å². The molecular weight excluding hydrogens is 503 g/mol. The normalized spacial score (nSPS) is 15.8. The molecular formula is C23H37IN6O. The molecule has 1 aliphatic rings. The molecule has 3 rings (SSSR count). The quantitative estimate of drug-likeness (QED) is 0.287. The maximum Gasteiger partial charge on any atom is 0.191 e. The van der Waals surface area contributed by atoms with Gasteiger partial charge in [0.05, 0.1) is 13.7 Å². The van der Waals surface area contributed by atoms with Crippen molar-refractivity contribution >= 4 is 29.9 Å². The molecule has 1 aliphatic carbocycles. The second kappa shape index (κ2) is 12.9. The summed E-state index contributed by atoms with van der Waals surface area (Å²) in [7, 11) is 1.72. The lowest BCUT2D eigenvalue weighted by atomic mass is 9.69. The molecule has 31 heavy (non-hydrogen) atoms. The molecule has 0 amide bonds. The average Bonchev–Trinajstić information content (AvgIpc) is 3.25. The van der Waals surface area contributed by atoms with Crippen LogP contribution in [0.4, 0.5) is 0 Å². The van der Waals surface area contributed by atoms with Gasteiger partial charge >= 0.3 is 0 Å². The fourth-order valence-electron chi connectivity index (χ4n) is 4.32. The summed E-state index contributed by atoms with van der Waals surface area (Å²) in [5, 5.41) is 15.0. The second-order valence-electron chi connectivity index (χ2n) is 7.99. The van der Waals surface area contributed by atoms with Crippen molar-refractivity contribution in [1.29, 1.82) is 0 Å². The molecule has 8 heteroatoms. The fraction of sp³-hybridized carbons (Fsp3) is 0.609. The third-order valence-corrected chi connectivity index (χ3v) is 6.05. The van der Waals surface area contributed by atoms with Crippen LogP contribution in [0.1, 0.15) is 57.3 Å². The number of aliphatic imine (C=N–C) groups is 1. The van der Waals surface area contributed by atoms with Crippen LogP contribution in [-0.2, 0) is 18.4 Å². The highest BCUT2D eigenvalue weighted by molar-refractivity contribution is 14.0. The summed E-state index contributed by atoms with van der Waals surface area (Å²) in [6.07, 6.45) is 8.89. The Morgan fingerprint density at radius 1 is 1.13 bits per heavy atom. The molecule has 0 unspecified atom stereocenters. The molecule has 0 spiro atoms. The van der Waals surface area contributed by atoms with Gasteiger partial charge < -0.3 is 19.9 Å². The van der Waals surface area contributed by atoms with Gasteiger partial charge in [0.15, 0.2) is 5.96 Å². The highest BCUT2D eigenvalue weighted by Gasteiger charge is 2.33. The number of methoxy groups -OCH3 is 1. The number of nitrogens with one attached hydrogen (secondary N) is 2. The van der Waals surface area contributed by atoms with Gasteiger partial charge in [-0.25, -0.2) is 0 Å². The van der Waals surface area contributed by atoms with Crippen LogP contribution in [0, 0.1) is 0 Å².